The molecule has 0 aromatic carbocycles. The van der Waals surface area contributed by atoms with Gasteiger partial charge in [0.2, 0.25) is 0 Å². The molecule has 1 unspecified atom stereocenters. The molecule has 110 valence electrons. The third-order valence-electron chi connectivity index (χ3n) is 3.06. The molecule has 0 aliphatic heterocycles. The van der Waals surface area contributed by atoms with Gasteiger partial charge in [-0.1, -0.05) is 25.4 Å². The minimum Gasteiger partial charge on any atom is -0.304 e. The van der Waals surface area contributed by atoms with Crippen molar-refractivity contribution in [2.75, 3.05) is 6.54 Å². The highest BCUT2D eigenvalue weighted by Crippen LogP contribution is 2.31. The molecule has 2 heterocycles. The molecule has 0 spiro atoms. The van der Waals surface area contributed by atoms with Gasteiger partial charge < -0.3 is 5.32 Å². The topological polar surface area (TPSA) is 42.7 Å². The number of nitrogens with zero attached hydrogens (tertiary/aromatic N) is 3. The summed E-state index contributed by atoms with van der Waals surface area (Å²) in [5, 5.41) is 9.75. The Balaban J connectivity index is 2.37. The van der Waals surface area contributed by atoms with Gasteiger partial charge in [0.1, 0.15) is 0 Å². The van der Waals surface area contributed by atoms with E-state index in [0.29, 0.717) is 0 Å². The van der Waals surface area contributed by atoms with Gasteiger partial charge in [0.15, 0.2) is 0 Å². The lowest BCUT2D eigenvalue weighted by Crippen LogP contribution is -2.25. The zero-order valence-corrected chi connectivity index (χ0v) is 13.8. The summed E-state index contributed by atoms with van der Waals surface area (Å²) in [6, 6.07) is 0.0719. The first-order valence-corrected chi connectivity index (χ1v) is 8.23. The molecule has 20 heavy (non-hydrogen) atoms. The van der Waals surface area contributed by atoms with Gasteiger partial charge in [0.25, 0.3) is 0 Å². The summed E-state index contributed by atoms with van der Waals surface area (Å²) in [6.07, 6.45) is 5.79. The summed E-state index contributed by atoms with van der Waals surface area (Å²) in [6.45, 7) is 8.15. The number of halogens is 1. The molecular weight excluding hydrogens is 292 g/mol. The van der Waals surface area contributed by atoms with Crippen molar-refractivity contribution in [1.29, 1.82) is 0 Å². The summed E-state index contributed by atoms with van der Waals surface area (Å²) < 4.78 is 2.00. The van der Waals surface area contributed by atoms with E-state index in [1.165, 1.54) is 4.88 Å². The van der Waals surface area contributed by atoms with Crippen molar-refractivity contribution >= 4 is 22.9 Å². The summed E-state index contributed by atoms with van der Waals surface area (Å²) >= 11 is 8.08. The first-order valence-electron chi connectivity index (χ1n) is 7.04. The van der Waals surface area contributed by atoms with Crippen LogP contribution in [0.1, 0.15) is 48.3 Å². The predicted octanol–water partition coefficient (Wildman–Crippen LogP) is 3.80. The van der Waals surface area contributed by atoms with Crippen LogP contribution < -0.4 is 5.32 Å². The van der Waals surface area contributed by atoms with Crippen LogP contribution in [-0.2, 0) is 6.54 Å². The van der Waals surface area contributed by atoms with Gasteiger partial charge in [-0.2, -0.15) is 5.10 Å². The van der Waals surface area contributed by atoms with E-state index < -0.39 is 0 Å². The van der Waals surface area contributed by atoms with Crippen molar-refractivity contribution in [2.24, 2.45) is 0 Å². The van der Waals surface area contributed by atoms with Crippen LogP contribution in [0, 0.1) is 6.92 Å². The van der Waals surface area contributed by atoms with E-state index in [1.54, 1.807) is 17.5 Å². The van der Waals surface area contributed by atoms with Gasteiger partial charge >= 0.3 is 0 Å². The Morgan fingerprint density at radius 1 is 1.35 bits per heavy atom. The molecule has 2 aromatic rings. The number of hydrogen-bond donors (Lipinski definition) is 1. The van der Waals surface area contributed by atoms with Crippen LogP contribution in [0.2, 0.25) is 5.02 Å². The van der Waals surface area contributed by atoms with E-state index in [1.807, 2.05) is 17.8 Å². The van der Waals surface area contributed by atoms with Crippen LogP contribution in [0.15, 0.2) is 12.4 Å². The average molecular weight is 313 g/mol. The Morgan fingerprint density at radius 2 is 2.15 bits per heavy atom. The fraction of sp³-hybridized carbons (Fsp3) is 0.571. The second-order valence-corrected chi connectivity index (χ2v) is 6.44. The third kappa shape index (κ3) is 3.40. The highest BCUT2D eigenvalue weighted by atomic mass is 35.5. The van der Waals surface area contributed by atoms with E-state index in [-0.39, 0.29) is 6.04 Å². The molecule has 0 fully saturated rings. The standard InChI is InChI=1S/C14H21ClN4S/c1-4-6-16-13(12-9-17-10(3)20-12)14-11(15)8-18-19(14)7-5-2/h8-9,13,16H,4-7H2,1-3H3. The zero-order valence-electron chi connectivity index (χ0n) is 12.2. The molecular formula is C14H21ClN4S. The molecule has 0 amide bonds. The minimum absolute atomic E-state index is 0.0719. The second kappa shape index (κ2) is 7.20. The Bertz CT molecular complexity index is 549. The Hall–Kier alpha value is -0.910. The number of aromatic nitrogens is 3. The number of aryl methyl sites for hydroxylation is 2. The first-order chi connectivity index (χ1) is 9.67. The van der Waals surface area contributed by atoms with Crippen LogP contribution in [-0.4, -0.2) is 21.3 Å². The fourth-order valence-electron chi connectivity index (χ4n) is 2.18. The summed E-state index contributed by atoms with van der Waals surface area (Å²) in [4.78, 5) is 5.56. The zero-order chi connectivity index (χ0) is 14.5. The highest BCUT2D eigenvalue weighted by Gasteiger charge is 2.23. The highest BCUT2D eigenvalue weighted by molar-refractivity contribution is 7.11. The molecule has 0 saturated heterocycles. The lowest BCUT2D eigenvalue weighted by atomic mass is 10.1. The summed E-state index contributed by atoms with van der Waals surface area (Å²) in [5.41, 5.74) is 1.05. The monoisotopic (exact) mass is 312 g/mol. The largest absolute Gasteiger partial charge is 0.304 e. The molecule has 0 aliphatic rings. The molecule has 2 rings (SSSR count). The predicted molar refractivity (Wildman–Crippen MR) is 84.5 cm³/mol. The average Bonchev–Trinajstić information content (AvgIpc) is 3.00. The molecule has 0 bridgehead atoms. The maximum Gasteiger partial charge on any atom is 0.0897 e. The van der Waals surface area contributed by atoms with Gasteiger partial charge in [0.05, 0.1) is 28.0 Å². The van der Waals surface area contributed by atoms with Gasteiger partial charge in [-0.3, -0.25) is 4.68 Å². The van der Waals surface area contributed by atoms with E-state index in [0.717, 1.165) is 41.7 Å². The molecule has 0 radical (unpaired) electrons. The van der Waals surface area contributed by atoms with Crippen LogP contribution in [0.5, 0.6) is 0 Å². The van der Waals surface area contributed by atoms with Crippen molar-refractivity contribution in [3.8, 4) is 0 Å². The van der Waals surface area contributed by atoms with Gasteiger partial charge in [-0.15, -0.1) is 11.3 Å². The number of rotatable bonds is 7. The van der Waals surface area contributed by atoms with Gasteiger partial charge in [0, 0.05) is 17.6 Å². The molecule has 1 N–H and O–H groups in total. The Kier molecular flexibility index (Phi) is 5.57. The van der Waals surface area contributed by atoms with E-state index in [9.17, 15) is 0 Å². The van der Waals surface area contributed by atoms with E-state index in [4.69, 9.17) is 11.6 Å². The van der Waals surface area contributed by atoms with Crippen LogP contribution in [0.4, 0.5) is 0 Å². The SMILES string of the molecule is CCCNC(c1cnc(C)s1)c1c(Cl)cnn1CCC. The lowest BCUT2D eigenvalue weighted by molar-refractivity contribution is 0.515. The molecule has 4 nitrogen and oxygen atoms in total. The summed E-state index contributed by atoms with van der Waals surface area (Å²) in [5.74, 6) is 0. The quantitative estimate of drug-likeness (QED) is 0.845. The minimum atomic E-state index is 0.0719. The number of nitrogens with one attached hydrogen (secondary N) is 1. The lowest BCUT2D eigenvalue weighted by Gasteiger charge is -2.19. The molecule has 0 aliphatic carbocycles. The van der Waals surface area contributed by atoms with Crippen molar-refractivity contribution in [3.63, 3.8) is 0 Å². The maximum absolute atomic E-state index is 6.37. The Morgan fingerprint density at radius 3 is 2.75 bits per heavy atom. The van der Waals surface area contributed by atoms with Gasteiger partial charge in [-0.05, 0) is 26.3 Å². The van der Waals surface area contributed by atoms with Crippen molar-refractivity contribution in [3.05, 3.63) is 33.0 Å². The molecule has 1 atom stereocenters. The fourth-order valence-corrected chi connectivity index (χ4v) is 3.30. The first kappa shape index (κ1) is 15.5. The van der Waals surface area contributed by atoms with Crippen LogP contribution in [0.3, 0.4) is 0 Å². The van der Waals surface area contributed by atoms with Crippen molar-refractivity contribution in [2.45, 2.75) is 46.2 Å². The van der Waals surface area contributed by atoms with E-state index in [2.05, 4.69) is 29.2 Å². The second-order valence-electron chi connectivity index (χ2n) is 4.77. The molecule has 2 aromatic heterocycles. The van der Waals surface area contributed by atoms with E-state index >= 15 is 0 Å². The van der Waals surface area contributed by atoms with Crippen molar-refractivity contribution in [1.82, 2.24) is 20.1 Å². The molecule has 6 heteroatoms. The van der Waals surface area contributed by atoms with Gasteiger partial charge in [-0.25, -0.2) is 4.98 Å². The van der Waals surface area contributed by atoms with Crippen LogP contribution in [0.25, 0.3) is 0 Å². The smallest absolute Gasteiger partial charge is 0.0897 e. The molecule has 0 saturated carbocycles. The number of thiazole rings is 1. The maximum atomic E-state index is 6.37. The van der Waals surface area contributed by atoms with Crippen LogP contribution >= 0.6 is 22.9 Å². The normalized spacial score (nSPS) is 12.8. The third-order valence-corrected chi connectivity index (χ3v) is 4.33. The Labute approximate surface area is 129 Å². The van der Waals surface area contributed by atoms with Crippen molar-refractivity contribution < 1.29 is 0 Å². The summed E-state index contributed by atoms with van der Waals surface area (Å²) in [7, 11) is 0. The number of hydrogen-bond acceptors (Lipinski definition) is 4.